The van der Waals surface area contributed by atoms with Crippen molar-refractivity contribution in [2.75, 3.05) is 32.9 Å². The van der Waals surface area contributed by atoms with E-state index in [-0.39, 0.29) is 32.9 Å². The van der Waals surface area contributed by atoms with Crippen molar-refractivity contribution in [2.45, 2.75) is 30.0 Å². The third-order valence-corrected chi connectivity index (χ3v) is 6.85. The molecule has 37 heavy (non-hydrogen) atoms. The third-order valence-electron chi connectivity index (χ3n) is 6.85. The fourth-order valence-electron chi connectivity index (χ4n) is 4.74. The van der Waals surface area contributed by atoms with Gasteiger partial charge >= 0.3 is 0 Å². The summed E-state index contributed by atoms with van der Waals surface area (Å²) in [5.74, 6) is 3.56. The Labute approximate surface area is 214 Å². The molecule has 0 unspecified atom stereocenters. The molecule has 0 saturated heterocycles. The average molecular weight is 508 g/mol. The molecule has 6 rings (SSSR count). The summed E-state index contributed by atoms with van der Waals surface area (Å²) in [5.41, 5.74) is -1.56. The second-order valence-corrected chi connectivity index (χ2v) is 9.33. The Bertz CT molecular complexity index is 1180. The van der Waals surface area contributed by atoms with E-state index < -0.39 is 30.0 Å². The molecule has 0 radical (unpaired) electrons. The summed E-state index contributed by atoms with van der Waals surface area (Å²) in [6.45, 7) is 0.648. The molecule has 3 N–H and O–H groups in total. The molecule has 3 heterocycles. The number of ether oxygens (including phenoxy) is 6. The summed E-state index contributed by atoms with van der Waals surface area (Å²) in [6, 6.07) is 22.0. The zero-order valence-electron chi connectivity index (χ0n) is 20.1. The van der Waals surface area contributed by atoms with Gasteiger partial charge in [-0.2, -0.15) is 0 Å². The number of hydrogen-bond donors (Lipinski definition) is 3. The van der Waals surface area contributed by atoms with Gasteiger partial charge in [-0.15, -0.1) is 0 Å². The largest absolute Gasteiger partial charge is 0.486 e. The van der Waals surface area contributed by atoms with E-state index in [1.807, 2.05) is 54.6 Å². The molecule has 0 aliphatic carbocycles. The van der Waals surface area contributed by atoms with Gasteiger partial charge < -0.3 is 44.0 Å². The monoisotopic (exact) mass is 507 g/mol. The molecular weight excluding hydrogens is 478 g/mol. The maximum atomic E-state index is 12.1. The molecular formula is C28H29NO8. The van der Waals surface area contributed by atoms with Gasteiger partial charge in [0.1, 0.15) is 25.9 Å². The molecule has 0 amide bonds. The minimum Gasteiger partial charge on any atom is -0.486 e. The Kier molecular flexibility index (Phi) is 6.42. The topological polar surface area (TPSA) is 108 Å². The second-order valence-electron chi connectivity index (χ2n) is 9.33. The molecule has 3 aromatic rings. The fraction of sp³-hybridized carbons (Fsp3) is 0.357. The van der Waals surface area contributed by atoms with Gasteiger partial charge in [-0.25, -0.2) is 0 Å². The van der Waals surface area contributed by atoms with Gasteiger partial charge in [0.15, 0.2) is 58.4 Å². The van der Waals surface area contributed by atoms with Gasteiger partial charge in [0.2, 0.25) is 0 Å². The van der Waals surface area contributed by atoms with Crippen molar-refractivity contribution in [3.63, 3.8) is 0 Å². The van der Waals surface area contributed by atoms with Crippen molar-refractivity contribution in [3.8, 4) is 34.5 Å². The first-order valence-corrected chi connectivity index (χ1v) is 12.4. The molecule has 9 heteroatoms. The highest BCUT2D eigenvalue weighted by atomic mass is 16.6. The van der Waals surface area contributed by atoms with Crippen molar-refractivity contribution in [2.24, 2.45) is 0 Å². The van der Waals surface area contributed by atoms with Crippen molar-refractivity contribution in [1.29, 1.82) is 0 Å². The number of aliphatic hydroxyl groups is 2. The van der Waals surface area contributed by atoms with E-state index in [9.17, 15) is 10.2 Å². The normalized spacial score (nSPS) is 24.0. The van der Waals surface area contributed by atoms with Crippen LogP contribution >= 0.6 is 0 Å². The summed E-state index contributed by atoms with van der Waals surface area (Å²) >= 11 is 0. The smallest absolute Gasteiger partial charge is 0.166 e. The third kappa shape index (κ3) is 4.73. The van der Waals surface area contributed by atoms with Gasteiger partial charge in [-0.1, -0.05) is 36.4 Å². The Morgan fingerprint density at radius 2 is 1.11 bits per heavy atom. The first kappa shape index (κ1) is 23.7. The second kappa shape index (κ2) is 10.0. The highest BCUT2D eigenvalue weighted by Crippen LogP contribution is 2.38. The number of rotatable bonds is 7. The van der Waals surface area contributed by atoms with E-state index in [4.69, 9.17) is 28.4 Å². The Morgan fingerprint density at radius 1 is 0.676 bits per heavy atom. The molecule has 9 nitrogen and oxygen atoms in total. The molecule has 0 aromatic heterocycles. The maximum absolute atomic E-state index is 12.1. The van der Waals surface area contributed by atoms with Gasteiger partial charge in [0, 0.05) is 13.1 Å². The quantitative estimate of drug-likeness (QED) is 0.444. The van der Waals surface area contributed by atoms with Gasteiger partial charge in [0.25, 0.3) is 0 Å². The molecule has 3 aromatic carbocycles. The molecule has 0 fully saturated rings. The first-order valence-electron chi connectivity index (χ1n) is 12.4. The van der Waals surface area contributed by atoms with Crippen LogP contribution < -0.4 is 33.7 Å². The number of para-hydroxylation sites is 6. The Balaban J connectivity index is 1.16. The number of hydrogen-bond acceptors (Lipinski definition) is 9. The molecule has 0 bridgehead atoms. The maximum Gasteiger partial charge on any atom is 0.166 e. The summed E-state index contributed by atoms with van der Waals surface area (Å²) in [4.78, 5) is 0. The van der Waals surface area contributed by atoms with Crippen molar-refractivity contribution >= 4 is 0 Å². The van der Waals surface area contributed by atoms with Crippen LogP contribution in [0.5, 0.6) is 34.5 Å². The van der Waals surface area contributed by atoms with Crippen LogP contribution in [0.15, 0.2) is 72.8 Å². The van der Waals surface area contributed by atoms with E-state index in [1.54, 1.807) is 18.2 Å². The molecule has 5 atom stereocenters. The van der Waals surface area contributed by atoms with Crippen LogP contribution in [0.2, 0.25) is 0 Å². The SMILES string of the molecule is O[C@H](CNC[C@](O)([C@@H]1COc2ccccc2O1)[C@H]1COc2ccccc2O1)[C@@H]1COc2ccccc2O1. The molecule has 0 saturated carbocycles. The summed E-state index contributed by atoms with van der Waals surface area (Å²) in [5, 5.41) is 26.1. The van der Waals surface area contributed by atoms with Crippen LogP contribution in [0.1, 0.15) is 0 Å². The zero-order valence-corrected chi connectivity index (χ0v) is 20.1. The molecule has 194 valence electrons. The van der Waals surface area contributed by atoms with Crippen LogP contribution in [0.3, 0.4) is 0 Å². The van der Waals surface area contributed by atoms with Crippen molar-refractivity contribution in [3.05, 3.63) is 72.8 Å². The Morgan fingerprint density at radius 3 is 1.62 bits per heavy atom. The average Bonchev–Trinajstić information content (AvgIpc) is 2.96. The van der Waals surface area contributed by atoms with Crippen LogP contribution in [0.4, 0.5) is 0 Å². The first-order chi connectivity index (χ1) is 18.1. The number of nitrogens with one attached hydrogen (secondary N) is 1. The number of fused-ring (bicyclic) bond motifs is 3. The lowest BCUT2D eigenvalue weighted by Crippen LogP contribution is -2.66. The Hall–Kier alpha value is -3.66. The fourth-order valence-corrected chi connectivity index (χ4v) is 4.74. The lowest BCUT2D eigenvalue weighted by atomic mass is 9.89. The van der Waals surface area contributed by atoms with Crippen LogP contribution in [0.25, 0.3) is 0 Å². The zero-order chi connectivity index (χ0) is 25.2. The lowest BCUT2D eigenvalue weighted by molar-refractivity contribution is -0.156. The van der Waals surface area contributed by atoms with Gasteiger partial charge in [0.05, 0.1) is 0 Å². The number of aliphatic hydroxyl groups excluding tert-OH is 1. The van der Waals surface area contributed by atoms with Crippen LogP contribution in [-0.2, 0) is 0 Å². The van der Waals surface area contributed by atoms with E-state index in [0.717, 1.165) is 0 Å². The van der Waals surface area contributed by atoms with Gasteiger partial charge in [-0.3, -0.25) is 0 Å². The van der Waals surface area contributed by atoms with Crippen LogP contribution in [0, 0.1) is 0 Å². The highest BCUT2D eigenvalue weighted by Gasteiger charge is 2.51. The summed E-state index contributed by atoms with van der Waals surface area (Å²) in [6.07, 6.45) is -2.96. The van der Waals surface area contributed by atoms with Crippen molar-refractivity contribution < 1.29 is 38.6 Å². The van der Waals surface area contributed by atoms with E-state index >= 15 is 0 Å². The van der Waals surface area contributed by atoms with E-state index in [2.05, 4.69) is 5.32 Å². The predicted octanol–water partition coefficient (Wildman–Crippen LogP) is 2.19. The lowest BCUT2D eigenvalue weighted by Gasteiger charge is -2.44. The predicted molar refractivity (Wildman–Crippen MR) is 133 cm³/mol. The van der Waals surface area contributed by atoms with E-state index in [0.29, 0.717) is 34.5 Å². The van der Waals surface area contributed by atoms with Crippen LogP contribution in [-0.4, -0.2) is 73.1 Å². The van der Waals surface area contributed by atoms with Crippen molar-refractivity contribution in [1.82, 2.24) is 5.32 Å². The minimum atomic E-state index is -1.56. The standard InChI is InChI=1S/C28H29NO8/c30-18(25-14-32-19-7-1-4-10-22(19)35-25)13-29-17-28(31,26-15-33-20-8-2-5-11-23(20)36-26)27-16-34-21-9-3-6-12-24(21)37-27/h1-12,18,25-27,29-31H,13-17H2/t18-,25+,26-,27+,28-/m1/s1. The molecule has 0 spiro atoms. The summed E-state index contributed by atoms with van der Waals surface area (Å²) in [7, 11) is 0. The van der Waals surface area contributed by atoms with Gasteiger partial charge in [-0.05, 0) is 36.4 Å². The minimum absolute atomic E-state index is 0.0423. The van der Waals surface area contributed by atoms with E-state index in [1.165, 1.54) is 0 Å². The summed E-state index contributed by atoms with van der Waals surface area (Å²) < 4.78 is 35.8. The molecule has 3 aliphatic heterocycles. The number of benzene rings is 3. The highest BCUT2D eigenvalue weighted by molar-refractivity contribution is 5.43. The molecule has 3 aliphatic rings.